The maximum atomic E-state index is 9.89. The molecule has 0 aliphatic carbocycles. The molecule has 0 aromatic heterocycles. The van der Waals surface area contributed by atoms with Crippen LogP contribution < -0.4 is 0 Å². The Morgan fingerprint density at radius 1 is 1.30 bits per heavy atom. The fourth-order valence-corrected chi connectivity index (χ4v) is 0.433. The summed E-state index contributed by atoms with van der Waals surface area (Å²) in [6, 6.07) is 0. The van der Waals surface area contributed by atoms with Crippen LogP contribution in [0.3, 0.4) is 0 Å². The van der Waals surface area contributed by atoms with Crippen molar-refractivity contribution in [3.05, 3.63) is 12.2 Å². The number of aldehydes is 1. The third-order valence-electron chi connectivity index (χ3n) is 1.29. The summed E-state index contributed by atoms with van der Waals surface area (Å²) < 4.78 is 9.84. The van der Waals surface area contributed by atoms with E-state index in [9.17, 15) is 4.79 Å². The van der Waals surface area contributed by atoms with Crippen molar-refractivity contribution in [3.8, 4) is 0 Å². The molecule has 0 N–H and O–H groups in total. The van der Waals surface area contributed by atoms with E-state index < -0.39 is 5.79 Å². The highest BCUT2D eigenvalue weighted by Crippen LogP contribution is 2.10. The molecule has 0 unspecified atom stereocenters. The van der Waals surface area contributed by atoms with Crippen LogP contribution in [0.4, 0.5) is 0 Å². The molecule has 0 aromatic rings. The van der Waals surface area contributed by atoms with Crippen molar-refractivity contribution < 1.29 is 14.3 Å². The Morgan fingerprint density at radius 3 is 2.10 bits per heavy atom. The van der Waals surface area contributed by atoms with Crippen molar-refractivity contribution in [1.82, 2.24) is 0 Å². The monoisotopic (exact) mass is 144 g/mol. The third-order valence-corrected chi connectivity index (χ3v) is 1.29. The molecule has 3 nitrogen and oxygen atoms in total. The van der Waals surface area contributed by atoms with Crippen LogP contribution in [0.15, 0.2) is 12.2 Å². The van der Waals surface area contributed by atoms with Gasteiger partial charge in [0.25, 0.3) is 0 Å². The van der Waals surface area contributed by atoms with Crippen molar-refractivity contribution in [1.29, 1.82) is 0 Å². The van der Waals surface area contributed by atoms with Gasteiger partial charge >= 0.3 is 0 Å². The van der Waals surface area contributed by atoms with Crippen LogP contribution in [0.25, 0.3) is 0 Å². The highest BCUT2D eigenvalue weighted by Gasteiger charge is 2.16. The smallest absolute Gasteiger partial charge is 0.184 e. The average molecular weight is 144 g/mol. The van der Waals surface area contributed by atoms with Gasteiger partial charge in [-0.2, -0.15) is 0 Å². The number of methoxy groups -OCH3 is 2. The van der Waals surface area contributed by atoms with Gasteiger partial charge in [0.15, 0.2) is 5.79 Å². The molecule has 0 bridgehead atoms. The predicted molar refractivity (Wildman–Crippen MR) is 37.6 cm³/mol. The molecule has 0 saturated carbocycles. The third kappa shape index (κ3) is 2.75. The summed E-state index contributed by atoms with van der Waals surface area (Å²) >= 11 is 0. The minimum Gasteiger partial charge on any atom is -0.350 e. The topological polar surface area (TPSA) is 35.5 Å². The predicted octanol–water partition coefficient (Wildman–Crippen LogP) is 0.750. The van der Waals surface area contributed by atoms with Crippen LogP contribution >= 0.6 is 0 Å². The maximum Gasteiger partial charge on any atom is 0.184 e. The Hall–Kier alpha value is -0.670. The van der Waals surface area contributed by atoms with Gasteiger partial charge in [-0.25, -0.2) is 0 Å². The van der Waals surface area contributed by atoms with Crippen LogP contribution in [-0.2, 0) is 14.3 Å². The molecule has 0 heterocycles. The van der Waals surface area contributed by atoms with Gasteiger partial charge in [-0.15, -0.1) is 0 Å². The first-order valence-corrected chi connectivity index (χ1v) is 2.92. The van der Waals surface area contributed by atoms with Crippen LogP contribution in [0, 0.1) is 0 Å². The second-order valence-corrected chi connectivity index (χ2v) is 1.92. The molecule has 0 atom stereocenters. The lowest BCUT2D eigenvalue weighted by atomic mass is 10.3. The van der Waals surface area contributed by atoms with E-state index in [0.717, 1.165) is 0 Å². The molecule has 0 rings (SSSR count). The Bertz CT molecular complexity index is 125. The van der Waals surface area contributed by atoms with Gasteiger partial charge in [0.2, 0.25) is 0 Å². The number of allylic oxidation sites excluding steroid dienone is 1. The van der Waals surface area contributed by atoms with Gasteiger partial charge in [-0.3, -0.25) is 4.79 Å². The molecule has 0 spiro atoms. The molecule has 0 amide bonds. The highest BCUT2D eigenvalue weighted by molar-refractivity contribution is 5.64. The minimum atomic E-state index is -0.777. The van der Waals surface area contributed by atoms with Crippen LogP contribution in [-0.4, -0.2) is 26.3 Å². The first kappa shape index (κ1) is 9.33. The largest absolute Gasteiger partial charge is 0.350 e. The standard InChI is InChI=1S/C7H12O3/c1-7(9-2,10-3)5-4-6-8/h4-6H,1-3H3/b5-4-. The molecule has 0 aromatic carbocycles. The van der Waals surface area contributed by atoms with Crippen molar-refractivity contribution >= 4 is 6.29 Å². The number of hydrogen-bond acceptors (Lipinski definition) is 3. The SMILES string of the molecule is COC(C)(/C=C\C=O)OC. The zero-order valence-electron chi connectivity index (χ0n) is 6.46. The fourth-order valence-electron chi connectivity index (χ4n) is 0.433. The summed E-state index contributed by atoms with van der Waals surface area (Å²) in [5, 5.41) is 0. The summed E-state index contributed by atoms with van der Waals surface area (Å²) in [5.74, 6) is -0.777. The summed E-state index contributed by atoms with van der Waals surface area (Å²) in [4.78, 5) is 9.89. The van der Waals surface area contributed by atoms with E-state index in [0.29, 0.717) is 6.29 Å². The van der Waals surface area contributed by atoms with Gasteiger partial charge < -0.3 is 9.47 Å². The Kier molecular flexibility index (Phi) is 3.91. The molecule has 58 valence electrons. The first-order chi connectivity index (χ1) is 4.68. The second-order valence-electron chi connectivity index (χ2n) is 1.92. The summed E-state index contributed by atoms with van der Waals surface area (Å²) in [5.41, 5.74) is 0. The van der Waals surface area contributed by atoms with E-state index in [1.165, 1.54) is 20.3 Å². The quantitative estimate of drug-likeness (QED) is 0.332. The normalized spacial score (nSPS) is 12.3. The Balaban J connectivity index is 4.04. The molecular formula is C7H12O3. The molecule has 3 heteroatoms. The zero-order chi connectivity index (χ0) is 8.04. The van der Waals surface area contributed by atoms with Gasteiger partial charge in [-0.1, -0.05) is 0 Å². The van der Waals surface area contributed by atoms with Gasteiger partial charge in [0, 0.05) is 14.2 Å². The van der Waals surface area contributed by atoms with Crippen LogP contribution in [0.2, 0.25) is 0 Å². The van der Waals surface area contributed by atoms with E-state index in [1.54, 1.807) is 13.0 Å². The number of carbonyl (C=O) groups is 1. The van der Waals surface area contributed by atoms with Gasteiger partial charge in [0.05, 0.1) is 0 Å². The number of rotatable bonds is 4. The highest BCUT2D eigenvalue weighted by atomic mass is 16.7. The molecular weight excluding hydrogens is 132 g/mol. The van der Waals surface area contributed by atoms with E-state index in [4.69, 9.17) is 9.47 Å². The maximum absolute atomic E-state index is 9.89. The Morgan fingerprint density at radius 2 is 1.80 bits per heavy atom. The van der Waals surface area contributed by atoms with E-state index >= 15 is 0 Å². The summed E-state index contributed by atoms with van der Waals surface area (Å²) in [7, 11) is 3.03. The van der Waals surface area contributed by atoms with Crippen molar-refractivity contribution in [2.24, 2.45) is 0 Å². The number of carbonyl (C=O) groups excluding carboxylic acids is 1. The van der Waals surface area contributed by atoms with Crippen molar-refractivity contribution in [2.45, 2.75) is 12.7 Å². The lowest BCUT2D eigenvalue weighted by Crippen LogP contribution is -2.26. The van der Waals surface area contributed by atoms with Crippen molar-refractivity contribution in [2.75, 3.05) is 14.2 Å². The van der Waals surface area contributed by atoms with Crippen LogP contribution in [0.1, 0.15) is 6.92 Å². The zero-order valence-corrected chi connectivity index (χ0v) is 6.46. The molecule has 10 heavy (non-hydrogen) atoms. The number of hydrogen-bond donors (Lipinski definition) is 0. The van der Waals surface area contributed by atoms with Gasteiger partial charge in [-0.05, 0) is 19.1 Å². The molecule has 0 aliphatic rings. The lowest BCUT2D eigenvalue weighted by molar-refractivity contribution is -0.156. The van der Waals surface area contributed by atoms with Crippen LogP contribution in [0.5, 0.6) is 0 Å². The average Bonchev–Trinajstić information content (AvgIpc) is 2.00. The molecule has 0 saturated heterocycles. The summed E-state index contributed by atoms with van der Waals surface area (Å²) in [6.45, 7) is 1.72. The first-order valence-electron chi connectivity index (χ1n) is 2.92. The lowest BCUT2D eigenvalue weighted by Gasteiger charge is -2.21. The Labute approximate surface area is 60.6 Å². The van der Waals surface area contributed by atoms with Gasteiger partial charge in [0.1, 0.15) is 6.29 Å². The van der Waals surface area contributed by atoms with E-state index in [1.807, 2.05) is 0 Å². The fraction of sp³-hybridized carbons (Fsp3) is 0.571. The second kappa shape index (κ2) is 4.19. The molecule has 0 radical (unpaired) electrons. The molecule has 0 fully saturated rings. The summed E-state index contributed by atoms with van der Waals surface area (Å²) in [6.07, 6.45) is 3.56. The minimum absolute atomic E-state index is 0.677. The van der Waals surface area contributed by atoms with Crippen molar-refractivity contribution in [3.63, 3.8) is 0 Å². The number of ether oxygens (including phenoxy) is 2. The molecule has 0 aliphatic heterocycles. The van der Waals surface area contributed by atoms with E-state index in [-0.39, 0.29) is 0 Å². The van der Waals surface area contributed by atoms with E-state index in [2.05, 4.69) is 0 Å².